The molecule has 2 rings (SSSR count). The molecule has 1 N–H and O–H groups in total. The SMILES string of the molecule is CC(C)(C)NC(=O)C1(c2ccccn2)CC1. The first-order chi connectivity index (χ1) is 7.44. The fourth-order valence-electron chi connectivity index (χ4n) is 1.83. The monoisotopic (exact) mass is 218 g/mol. The Hall–Kier alpha value is -1.38. The number of carbonyl (C=O) groups is 1. The first-order valence-corrected chi connectivity index (χ1v) is 5.68. The second-order valence-corrected chi connectivity index (χ2v) is 5.50. The second-order valence-electron chi connectivity index (χ2n) is 5.50. The molecule has 3 heteroatoms. The third-order valence-corrected chi connectivity index (χ3v) is 2.83. The Bertz CT molecular complexity index is 388. The third-order valence-electron chi connectivity index (χ3n) is 2.83. The summed E-state index contributed by atoms with van der Waals surface area (Å²) in [6.07, 6.45) is 3.57. The van der Waals surface area contributed by atoms with E-state index in [1.54, 1.807) is 6.20 Å². The van der Waals surface area contributed by atoms with Gasteiger partial charge in [-0.2, -0.15) is 0 Å². The lowest BCUT2D eigenvalue weighted by atomic mass is 9.98. The van der Waals surface area contributed by atoms with Gasteiger partial charge in [0, 0.05) is 11.7 Å². The molecule has 0 saturated heterocycles. The van der Waals surface area contributed by atoms with Crippen LogP contribution < -0.4 is 5.32 Å². The molecule has 1 aliphatic carbocycles. The molecule has 16 heavy (non-hydrogen) atoms. The molecule has 1 aromatic rings. The van der Waals surface area contributed by atoms with Gasteiger partial charge in [0.15, 0.2) is 0 Å². The molecule has 0 aliphatic heterocycles. The highest BCUT2D eigenvalue weighted by Crippen LogP contribution is 2.47. The van der Waals surface area contributed by atoms with Gasteiger partial charge in [0.2, 0.25) is 5.91 Å². The second kappa shape index (κ2) is 3.58. The number of amides is 1. The molecule has 0 bridgehead atoms. The Kier molecular flexibility index (Phi) is 2.49. The number of hydrogen-bond donors (Lipinski definition) is 1. The Labute approximate surface area is 96.3 Å². The van der Waals surface area contributed by atoms with E-state index in [0.29, 0.717) is 0 Å². The van der Waals surface area contributed by atoms with Crippen LogP contribution in [0.2, 0.25) is 0 Å². The van der Waals surface area contributed by atoms with E-state index < -0.39 is 0 Å². The zero-order valence-corrected chi connectivity index (χ0v) is 10.1. The van der Waals surface area contributed by atoms with Crippen molar-refractivity contribution in [2.75, 3.05) is 0 Å². The molecule has 3 nitrogen and oxygen atoms in total. The van der Waals surface area contributed by atoms with Crippen LogP contribution in [0.3, 0.4) is 0 Å². The Morgan fingerprint density at radius 1 is 1.38 bits per heavy atom. The molecule has 0 unspecified atom stereocenters. The number of hydrogen-bond acceptors (Lipinski definition) is 2. The molecule has 86 valence electrons. The van der Waals surface area contributed by atoms with Gasteiger partial charge in [0.25, 0.3) is 0 Å². The molecule has 1 aliphatic rings. The zero-order valence-electron chi connectivity index (χ0n) is 10.1. The van der Waals surface area contributed by atoms with E-state index in [2.05, 4.69) is 10.3 Å². The lowest BCUT2D eigenvalue weighted by molar-refractivity contribution is -0.125. The van der Waals surface area contributed by atoms with Gasteiger partial charge in [-0.25, -0.2) is 0 Å². The smallest absolute Gasteiger partial charge is 0.232 e. The predicted molar refractivity (Wildman–Crippen MR) is 63.0 cm³/mol. The van der Waals surface area contributed by atoms with Crippen molar-refractivity contribution in [1.29, 1.82) is 0 Å². The summed E-state index contributed by atoms with van der Waals surface area (Å²) in [5.41, 5.74) is 0.368. The predicted octanol–water partition coefficient (Wildman–Crippen LogP) is 2.03. The van der Waals surface area contributed by atoms with E-state index >= 15 is 0 Å². The summed E-state index contributed by atoms with van der Waals surface area (Å²) in [4.78, 5) is 16.5. The summed E-state index contributed by atoms with van der Waals surface area (Å²) in [5, 5.41) is 3.04. The molecule has 1 fully saturated rings. The van der Waals surface area contributed by atoms with Crippen LogP contribution >= 0.6 is 0 Å². The first-order valence-electron chi connectivity index (χ1n) is 5.68. The van der Waals surface area contributed by atoms with Crippen molar-refractivity contribution in [2.24, 2.45) is 0 Å². The molecule has 0 atom stereocenters. The summed E-state index contributed by atoms with van der Waals surface area (Å²) < 4.78 is 0. The molecule has 0 spiro atoms. The van der Waals surface area contributed by atoms with Gasteiger partial charge >= 0.3 is 0 Å². The van der Waals surface area contributed by atoms with Crippen LogP contribution in [0, 0.1) is 0 Å². The molecule has 0 aromatic carbocycles. The standard InChI is InChI=1S/C13H18N2O/c1-12(2,3)15-11(16)13(7-8-13)10-6-4-5-9-14-10/h4-6,9H,7-8H2,1-3H3,(H,15,16). The number of nitrogens with zero attached hydrogens (tertiary/aromatic N) is 1. The van der Waals surface area contributed by atoms with E-state index in [9.17, 15) is 4.79 Å². The van der Waals surface area contributed by atoms with E-state index in [1.807, 2.05) is 39.0 Å². The minimum atomic E-state index is -0.353. The van der Waals surface area contributed by atoms with E-state index in [-0.39, 0.29) is 16.9 Å². The number of pyridine rings is 1. The van der Waals surface area contributed by atoms with Crippen LogP contribution in [0.4, 0.5) is 0 Å². The van der Waals surface area contributed by atoms with Gasteiger partial charge in [0.05, 0.1) is 11.1 Å². The van der Waals surface area contributed by atoms with E-state index in [1.165, 1.54) is 0 Å². The van der Waals surface area contributed by atoms with Crippen LogP contribution in [-0.4, -0.2) is 16.4 Å². The van der Waals surface area contributed by atoms with Gasteiger partial charge < -0.3 is 5.32 Å². The average molecular weight is 218 g/mol. The van der Waals surface area contributed by atoms with Crippen molar-refractivity contribution >= 4 is 5.91 Å². The number of nitrogens with one attached hydrogen (secondary N) is 1. The highest BCUT2D eigenvalue weighted by molar-refractivity contribution is 5.91. The normalized spacial score (nSPS) is 17.9. The highest BCUT2D eigenvalue weighted by Gasteiger charge is 2.53. The molecular formula is C13H18N2O. The zero-order chi connectivity index (χ0) is 11.8. The van der Waals surface area contributed by atoms with Crippen molar-refractivity contribution in [3.8, 4) is 0 Å². The molecule has 0 radical (unpaired) electrons. The van der Waals surface area contributed by atoms with Gasteiger partial charge in [-0.1, -0.05) is 6.07 Å². The topological polar surface area (TPSA) is 42.0 Å². The summed E-state index contributed by atoms with van der Waals surface area (Å²) in [6, 6.07) is 5.75. The van der Waals surface area contributed by atoms with Crippen molar-refractivity contribution in [1.82, 2.24) is 10.3 Å². The number of rotatable bonds is 2. The number of carbonyl (C=O) groups excluding carboxylic acids is 1. The first kappa shape index (κ1) is 11.1. The van der Waals surface area contributed by atoms with Gasteiger partial charge in [0.1, 0.15) is 0 Å². The molecule has 1 heterocycles. The fraction of sp³-hybridized carbons (Fsp3) is 0.538. The van der Waals surface area contributed by atoms with Crippen LogP contribution in [0.1, 0.15) is 39.3 Å². The molecular weight excluding hydrogens is 200 g/mol. The fourth-order valence-corrected chi connectivity index (χ4v) is 1.83. The highest BCUT2D eigenvalue weighted by atomic mass is 16.2. The molecule has 1 amide bonds. The van der Waals surface area contributed by atoms with Crippen LogP contribution in [-0.2, 0) is 10.2 Å². The van der Waals surface area contributed by atoms with E-state index in [0.717, 1.165) is 18.5 Å². The van der Waals surface area contributed by atoms with Crippen molar-refractivity contribution in [2.45, 2.75) is 44.6 Å². The molecule has 1 aromatic heterocycles. The Balaban J connectivity index is 2.18. The quantitative estimate of drug-likeness (QED) is 0.825. The van der Waals surface area contributed by atoms with Gasteiger partial charge in [-0.05, 0) is 45.7 Å². The minimum Gasteiger partial charge on any atom is -0.351 e. The van der Waals surface area contributed by atoms with Crippen LogP contribution in [0.25, 0.3) is 0 Å². The lowest BCUT2D eigenvalue weighted by Crippen LogP contribution is -2.46. The largest absolute Gasteiger partial charge is 0.351 e. The van der Waals surface area contributed by atoms with Crippen LogP contribution in [0.5, 0.6) is 0 Å². The maximum atomic E-state index is 12.2. The number of aromatic nitrogens is 1. The summed E-state index contributed by atoms with van der Waals surface area (Å²) in [7, 11) is 0. The van der Waals surface area contributed by atoms with Crippen molar-refractivity contribution in [3.05, 3.63) is 30.1 Å². The van der Waals surface area contributed by atoms with Crippen LogP contribution in [0.15, 0.2) is 24.4 Å². The maximum Gasteiger partial charge on any atom is 0.232 e. The van der Waals surface area contributed by atoms with Crippen molar-refractivity contribution in [3.63, 3.8) is 0 Å². The minimum absolute atomic E-state index is 0.110. The summed E-state index contributed by atoms with van der Waals surface area (Å²) >= 11 is 0. The van der Waals surface area contributed by atoms with Gasteiger partial charge in [-0.15, -0.1) is 0 Å². The van der Waals surface area contributed by atoms with E-state index in [4.69, 9.17) is 0 Å². The Morgan fingerprint density at radius 2 is 2.06 bits per heavy atom. The van der Waals surface area contributed by atoms with Crippen molar-refractivity contribution < 1.29 is 4.79 Å². The average Bonchev–Trinajstić information content (AvgIpc) is 2.97. The Morgan fingerprint density at radius 3 is 2.50 bits per heavy atom. The van der Waals surface area contributed by atoms with Gasteiger partial charge in [-0.3, -0.25) is 9.78 Å². The molecule has 1 saturated carbocycles. The lowest BCUT2D eigenvalue weighted by Gasteiger charge is -2.24. The summed E-state index contributed by atoms with van der Waals surface area (Å²) in [6.45, 7) is 6.00. The summed E-state index contributed by atoms with van der Waals surface area (Å²) in [5.74, 6) is 0.110. The maximum absolute atomic E-state index is 12.2. The third kappa shape index (κ3) is 2.08.